The van der Waals surface area contributed by atoms with E-state index in [2.05, 4.69) is 15.6 Å². The summed E-state index contributed by atoms with van der Waals surface area (Å²) in [6.07, 6.45) is 5.00. The number of piperidine rings is 1. The van der Waals surface area contributed by atoms with Crippen LogP contribution in [0, 0.1) is 5.92 Å². The molecule has 1 aromatic carbocycles. The van der Waals surface area contributed by atoms with E-state index in [1.165, 1.54) is 0 Å². The molecule has 3 heterocycles. The maximum absolute atomic E-state index is 12.7. The zero-order valence-electron chi connectivity index (χ0n) is 17.1. The average Bonchev–Trinajstić information content (AvgIpc) is 3.43. The van der Waals surface area contributed by atoms with E-state index in [1.54, 1.807) is 23.1 Å². The molecule has 1 unspecified atom stereocenters. The summed E-state index contributed by atoms with van der Waals surface area (Å²) in [5.41, 5.74) is 1.14. The normalized spacial score (nSPS) is 19.9. The minimum Gasteiger partial charge on any atom is -0.434 e. The number of fused-ring (bicyclic) bond motifs is 1. The van der Waals surface area contributed by atoms with Crippen LogP contribution in [0.2, 0.25) is 0 Å². The first-order valence-corrected chi connectivity index (χ1v) is 10.8. The standard InChI is InChI=1S/C22H28N4O4/c27-18(22-25-16-4-1-2-6-19(16)30-22)14-24-21(29)17-5-3-13-26(17)20(28)8-7-15-9-11-23-12-10-15/h1-2,4,6,15,17,23H,3,5,7-14H2,(H,24,29). The van der Waals surface area contributed by atoms with Crippen LogP contribution in [-0.4, -0.2) is 59.7 Å². The van der Waals surface area contributed by atoms with Crippen LogP contribution in [0.1, 0.15) is 49.2 Å². The summed E-state index contributed by atoms with van der Waals surface area (Å²) in [5.74, 6) is -0.0678. The molecule has 2 fully saturated rings. The van der Waals surface area contributed by atoms with Gasteiger partial charge in [-0.3, -0.25) is 14.4 Å². The predicted octanol–water partition coefficient (Wildman–Crippen LogP) is 1.90. The van der Waals surface area contributed by atoms with Crippen molar-refractivity contribution in [2.45, 2.75) is 44.6 Å². The molecule has 0 bridgehead atoms. The molecule has 2 aliphatic heterocycles. The summed E-state index contributed by atoms with van der Waals surface area (Å²) in [6.45, 7) is 2.44. The molecular weight excluding hydrogens is 384 g/mol. The largest absolute Gasteiger partial charge is 0.434 e. The van der Waals surface area contributed by atoms with Gasteiger partial charge in [0.2, 0.25) is 17.6 Å². The number of ketones is 1. The Hall–Kier alpha value is -2.74. The predicted molar refractivity (Wildman–Crippen MR) is 111 cm³/mol. The number of aromatic nitrogens is 1. The van der Waals surface area contributed by atoms with Crippen LogP contribution < -0.4 is 10.6 Å². The van der Waals surface area contributed by atoms with Crippen molar-refractivity contribution in [3.05, 3.63) is 30.2 Å². The molecule has 0 radical (unpaired) electrons. The van der Waals surface area contributed by atoms with Gasteiger partial charge in [-0.15, -0.1) is 0 Å². The third kappa shape index (κ3) is 4.70. The molecule has 2 aliphatic rings. The molecule has 160 valence electrons. The highest BCUT2D eigenvalue weighted by atomic mass is 16.4. The van der Waals surface area contributed by atoms with E-state index in [-0.39, 0.29) is 30.0 Å². The van der Waals surface area contributed by atoms with Gasteiger partial charge in [0.1, 0.15) is 11.6 Å². The number of nitrogens with one attached hydrogen (secondary N) is 2. The Balaban J connectivity index is 1.28. The van der Waals surface area contributed by atoms with E-state index >= 15 is 0 Å². The fraction of sp³-hybridized carbons (Fsp3) is 0.545. The second kappa shape index (κ2) is 9.38. The summed E-state index contributed by atoms with van der Waals surface area (Å²) in [5, 5.41) is 6.00. The van der Waals surface area contributed by atoms with Gasteiger partial charge in [0.05, 0.1) is 6.54 Å². The maximum atomic E-state index is 12.7. The van der Waals surface area contributed by atoms with Crippen LogP contribution in [0.25, 0.3) is 11.1 Å². The minimum atomic E-state index is -0.498. The van der Waals surface area contributed by atoms with E-state index in [0.29, 0.717) is 36.4 Å². The summed E-state index contributed by atoms with van der Waals surface area (Å²) in [6, 6.07) is 6.63. The number of nitrogens with zero attached hydrogens (tertiary/aromatic N) is 2. The number of carbonyl (C=O) groups is 3. The van der Waals surface area contributed by atoms with Crippen molar-refractivity contribution >= 4 is 28.7 Å². The van der Waals surface area contributed by atoms with Crippen molar-refractivity contribution in [1.29, 1.82) is 0 Å². The number of likely N-dealkylation sites (tertiary alicyclic amines) is 1. The van der Waals surface area contributed by atoms with E-state index < -0.39 is 6.04 Å². The molecular formula is C22H28N4O4. The van der Waals surface area contributed by atoms with Crippen LogP contribution in [0.4, 0.5) is 0 Å². The number of Topliss-reactive ketones (excluding diaryl/α,β-unsaturated/α-hetero) is 1. The molecule has 0 aliphatic carbocycles. The van der Waals surface area contributed by atoms with Gasteiger partial charge in [0, 0.05) is 13.0 Å². The number of oxazole rings is 1. The Kier molecular flexibility index (Phi) is 6.42. The molecule has 0 spiro atoms. The Labute approximate surface area is 175 Å². The molecule has 30 heavy (non-hydrogen) atoms. The summed E-state index contributed by atoms with van der Waals surface area (Å²) < 4.78 is 5.46. The summed E-state index contributed by atoms with van der Waals surface area (Å²) in [4.78, 5) is 43.6. The Morgan fingerprint density at radius 3 is 2.77 bits per heavy atom. The van der Waals surface area contributed by atoms with E-state index in [1.807, 2.05) is 6.07 Å². The van der Waals surface area contributed by atoms with Crippen LogP contribution in [0.3, 0.4) is 0 Å². The SMILES string of the molecule is O=C(CNC(=O)C1CCCN1C(=O)CCC1CCNCC1)c1nc2ccccc2o1. The maximum Gasteiger partial charge on any atom is 0.266 e. The quantitative estimate of drug-likeness (QED) is 0.673. The first-order chi connectivity index (χ1) is 14.6. The average molecular weight is 412 g/mol. The number of benzene rings is 1. The first kappa shape index (κ1) is 20.5. The molecule has 2 saturated heterocycles. The minimum absolute atomic E-state index is 0.0159. The zero-order valence-corrected chi connectivity index (χ0v) is 17.1. The van der Waals surface area contributed by atoms with Gasteiger partial charge in [-0.1, -0.05) is 12.1 Å². The number of rotatable bonds is 7. The third-order valence-electron chi connectivity index (χ3n) is 6.06. The number of amides is 2. The number of hydrogen-bond acceptors (Lipinski definition) is 6. The molecule has 8 heteroatoms. The lowest BCUT2D eigenvalue weighted by Gasteiger charge is -2.26. The van der Waals surface area contributed by atoms with E-state index in [9.17, 15) is 14.4 Å². The molecule has 4 rings (SSSR count). The highest BCUT2D eigenvalue weighted by molar-refractivity contribution is 5.98. The van der Waals surface area contributed by atoms with Gasteiger partial charge in [-0.05, 0) is 63.2 Å². The fourth-order valence-corrected chi connectivity index (χ4v) is 4.33. The van der Waals surface area contributed by atoms with Gasteiger partial charge >= 0.3 is 0 Å². The molecule has 2 amide bonds. The van der Waals surface area contributed by atoms with Crippen LogP contribution in [0.5, 0.6) is 0 Å². The van der Waals surface area contributed by atoms with Crippen LogP contribution >= 0.6 is 0 Å². The van der Waals surface area contributed by atoms with Crippen molar-refractivity contribution in [3.8, 4) is 0 Å². The Morgan fingerprint density at radius 1 is 1.17 bits per heavy atom. The smallest absolute Gasteiger partial charge is 0.266 e. The lowest BCUT2D eigenvalue weighted by molar-refractivity contribution is -0.138. The van der Waals surface area contributed by atoms with Crippen molar-refractivity contribution in [2.75, 3.05) is 26.2 Å². The topological polar surface area (TPSA) is 105 Å². The first-order valence-electron chi connectivity index (χ1n) is 10.8. The number of para-hydroxylation sites is 2. The van der Waals surface area contributed by atoms with Crippen LogP contribution in [0.15, 0.2) is 28.7 Å². The summed E-state index contributed by atoms with van der Waals surface area (Å²) >= 11 is 0. The van der Waals surface area contributed by atoms with Gasteiger partial charge in [0.25, 0.3) is 5.89 Å². The van der Waals surface area contributed by atoms with Crippen molar-refractivity contribution in [2.24, 2.45) is 5.92 Å². The monoisotopic (exact) mass is 412 g/mol. The highest BCUT2D eigenvalue weighted by Crippen LogP contribution is 2.23. The second-order valence-corrected chi connectivity index (χ2v) is 8.10. The van der Waals surface area contributed by atoms with E-state index in [4.69, 9.17) is 4.42 Å². The lowest BCUT2D eigenvalue weighted by Crippen LogP contribution is -2.47. The van der Waals surface area contributed by atoms with Gasteiger partial charge in [0.15, 0.2) is 5.58 Å². The third-order valence-corrected chi connectivity index (χ3v) is 6.06. The molecule has 8 nitrogen and oxygen atoms in total. The molecule has 1 aromatic heterocycles. The van der Waals surface area contributed by atoms with Crippen molar-refractivity contribution in [1.82, 2.24) is 20.5 Å². The highest BCUT2D eigenvalue weighted by Gasteiger charge is 2.34. The van der Waals surface area contributed by atoms with Crippen molar-refractivity contribution in [3.63, 3.8) is 0 Å². The Bertz CT molecular complexity index is 886. The molecule has 2 N–H and O–H groups in total. The van der Waals surface area contributed by atoms with Crippen LogP contribution in [-0.2, 0) is 9.59 Å². The van der Waals surface area contributed by atoms with Crippen molar-refractivity contribution < 1.29 is 18.8 Å². The molecule has 0 saturated carbocycles. The second-order valence-electron chi connectivity index (χ2n) is 8.10. The van der Waals surface area contributed by atoms with Gasteiger partial charge in [-0.2, -0.15) is 0 Å². The zero-order chi connectivity index (χ0) is 20.9. The molecule has 2 aromatic rings. The fourth-order valence-electron chi connectivity index (χ4n) is 4.33. The lowest BCUT2D eigenvalue weighted by atomic mass is 9.93. The summed E-state index contributed by atoms with van der Waals surface area (Å²) in [7, 11) is 0. The van der Waals surface area contributed by atoms with Gasteiger partial charge in [-0.25, -0.2) is 4.98 Å². The molecule has 1 atom stereocenters. The number of hydrogen-bond donors (Lipinski definition) is 2. The van der Waals surface area contributed by atoms with Gasteiger partial charge < -0.3 is 20.0 Å². The van der Waals surface area contributed by atoms with E-state index in [0.717, 1.165) is 38.8 Å². The number of carbonyl (C=O) groups excluding carboxylic acids is 3. The Morgan fingerprint density at radius 2 is 1.97 bits per heavy atom.